The molecule has 0 atom stereocenters. The van der Waals surface area contributed by atoms with Crippen LogP contribution >= 0.6 is 23.2 Å². The molecule has 0 spiro atoms. The van der Waals surface area contributed by atoms with Gasteiger partial charge in [-0.15, -0.1) is 5.10 Å². The second-order valence-corrected chi connectivity index (χ2v) is 7.22. The van der Waals surface area contributed by atoms with E-state index in [9.17, 15) is 4.79 Å². The summed E-state index contributed by atoms with van der Waals surface area (Å²) in [6.07, 6.45) is 6.03. The third-order valence-corrected chi connectivity index (χ3v) is 5.28. The predicted octanol–water partition coefficient (Wildman–Crippen LogP) is 2.24. The van der Waals surface area contributed by atoms with Crippen LogP contribution in [0.15, 0.2) is 36.8 Å². The van der Waals surface area contributed by atoms with Gasteiger partial charge < -0.3 is 4.90 Å². The van der Waals surface area contributed by atoms with Gasteiger partial charge in [0, 0.05) is 29.6 Å². The first-order chi connectivity index (χ1) is 13.1. The summed E-state index contributed by atoms with van der Waals surface area (Å²) >= 11 is 12.3. The van der Waals surface area contributed by atoms with Gasteiger partial charge in [0.15, 0.2) is 0 Å². The van der Waals surface area contributed by atoms with Crippen LogP contribution in [0.3, 0.4) is 0 Å². The molecular weight excluding hydrogens is 389 g/mol. The van der Waals surface area contributed by atoms with Crippen molar-refractivity contribution in [1.29, 1.82) is 0 Å². The summed E-state index contributed by atoms with van der Waals surface area (Å²) in [5.74, 6) is 0.0864. The Labute approximate surface area is 165 Å². The molecule has 1 aromatic carbocycles. The molecule has 1 aliphatic heterocycles. The maximum Gasteiger partial charge on any atom is 0.223 e. The smallest absolute Gasteiger partial charge is 0.223 e. The minimum absolute atomic E-state index is 0.0864. The van der Waals surface area contributed by atoms with Gasteiger partial charge in [0.05, 0.1) is 24.6 Å². The van der Waals surface area contributed by atoms with E-state index in [0.717, 1.165) is 11.3 Å². The van der Waals surface area contributed by atoms with E-state index in [1.165, 1.54) is 0 Å². The molecule has 2 aromatic heterocycles. The number of amides is 1. The lowest BCUT2D eigenvalue weighted by Crippen LogP contribution is -2.51. The summed E-state index contributed by atoms with van der Waals surface area (Å²) in [5, 5.41) is 17.6. The highest BCUT2D eigenvalue weighted by Gasteiger charge is 2.32. The second-order valence-electron chi connectivity index (χ2n) is 6.40. The topological polar surface area (TPSA) is 81.7 Å². The van der Waals surface area contributed by atoms with Gasteiger partial charge in [0.25, 0.3) is 0 Å². The molecule has 4 rings (SSSR count). The summed E-state index contributed by atoms with van der Waals surface area (Å²) in [5.41, 5.74) is 1.60. The maximum absolute atomic E-state index is 12.4. The fourth-order valence-electron chi connectivity index (χ4n) is 3.02. The Bertz CT molecular complexity index is 914. The SMILES string of the molecule is O=C(CCc1c(Cl)cccc1Cl)N1CC(n2cc(Cn3nccn3)nn2)C1. The first-order valence-electron chi connectivity index (χ1n) is 8.55. The lowest BCUT2D eigenvalue weighted by Gasteiger charge is -2.39. The zero-order valence-electron chi connectivity index (χ0n) is 14.4. The van der Waals surface area contributed by atoms with Crippen molar-refractivity contribution < 1.29 is 4.79 Å². The number of halogens is 2. The minimum atomic E-state index is 0.0864. The van der Waals surface area contributed by atoms with E-state index in [4.69, 9.17) is 23.2 Å². The Morgan fingerprint density at radius 3 is 2.56 bits per heavy atom. The molecule has 0 saturated carbocycles. The highest BCUT2D eigenvalue weighted by atomic mass is 35.5. The average molecular weight is 406 g/mol. The molecule has 0 N–H and O–H groups in total. The molecule has 1 fully saturated rings. The molecule has 140 valence electrons. The first kappa shape index (κ1) is 17.9. The molecule has 1 saturated heterocycles. The van der Waals surface area contributed by atoms with Crippen molar-refractivity contribution in [2.24, 2.45) is 0 Å². The van der Waals surface area contributed by atoms with Crippen LogP contribution in [0, 0.1) is 0 Å². The summed E-state index contributed by atoms with van der Waals surface area (Å²) < 4.78 is 1.80. The summed E-state index contributed by atoms with van der Waals surface area (Å²) in [7, 11) is 0. The molecule has 3 aromatic rings. The standard InChI is InChI=1S/C17H17Cl2N7O/c18-15-2-1-3-16(19)14(15)4-5-17(27)24-10-13(11-24)25-8-12(22-23-25)9-26-20-6-7-21-26/h1-3,6-8,13H,4-5,9-11H2. The normalized spacial score (nSPS) is 14.4. The molecule has 0 aliphatic carbocycles. The monoisotopic (exact) mass is 405 g/mol. The number of hydrogen-bond donors (Lipinski definition) is 0. The number of aromatic nitrogens is 6. The fraction of sp³-hybridized carbons (Fsp3) is 0.353. The zero-order chi connectivity index (χ0) is 18.8. The quantitative estimate of drug-likeness (QED) is 0.627. The van der Waals surface area contributed by atoms with Crippen molar-refractivity contribution in [2.45, 2.75) is 25.4 Å². The number of nitrogens with zero attached hydrogens (tertiary/aromatic N) is 7. The minimum Gasteiger partial charge on any atom is -0.338 e. The van der Waals surface area contributed by atoms with Crippen LogP contribution in [0.25, 0.3) is 0 Å². The number of likely N-dealkylation sites (tertiary alicyclic amines) is 1. The Kier molecular flexibility index (Phi) is 5.09. The molecule has 3 heterocycles. The van der Waals surface area contributed by atoms with Crippen LogP contribution in [0.5, 0.6) is 0 Å². The molecule has 8 nitrogen and oxygen atoms in total. The van der Waals surface area contributed by atoms with E-state index in [-0.39, 0.29) is 11.9 Å². The molecule has 0 bridgehead atoms. The summed E-state index contributed by atoms with van der Waals surface area (Å²) in [6.45, 7) is 1.72. The van der Waals surface area contributed by atoms with Crippen LogP contribution in [0.2, 0.25) is 10.0 Å². The zero-order valence-corrected chi connectivity index (χ0v) is 15.9. The molecule has 0 unspecified atom stereocenters. The van der Waals surface area contributed by atoms with Crippen LogP contribution < -0.4 is 0 Å². The molecular formula is C17H17Cl2N7O. The van der Waals surface area contributed by atoms with Gasteiger partial charge >= 0.3 is 0 Å². The summed E-state index contributed by atoms with van der Waals surface area (Å²) in [4.78, 5) is 15.7. The van der Waals surface area contributed by atoms with Crippen LogP contribution in [-0.4, -0.2) is 53.9 Å². The Hall–Kier alpha value is -2.45. The predicted molar refractivity (Wildman–Crippen MR) is 99.5 cm³/mol. The number of carbonyl (C=O) groups is 1. The number of benzene rings is 1. The molecule has 10 heteroatoms. The Balaban J connectivity index is 1.28. The van der Waals surface area contributed by atoms with E-state index in [1.54, 1.807) is 40.1 Å². The third-order valence-electron chi connectivity index (χ3n) is 4.57. The van der Waals surface area contributed by atoms with Gasteiger partial charge in [-0.2, -0.15) is 15.0 Å². The van der Waals surface area contributed by atoms with Crippen molar-refractivity contribution in [2.75, 3.05) is 13.1 Å². The van der Waals surface area contributed by atoms with Crippen molar-refractivity contribution >= 4 is 29.1 Å². The molecule has 1 aliphatic rings. The van der Waals surface area contributed by atoms with E-state index in [1.807, 2.05) is 11.1 Å². The number of carbonyl (C=O) groups excluding carboxylic acids is 1. The lowest BCUT2D eigenvalue weighted by atomic mass is 10.1. The fourth-order valence-corrected chi connectivity index (χ4v) is 3.61. The van der Waals surface area contributed by atoms with Crippen LogP contribution in [-0.2, 0) is 17.8 Å². The second kappa shape index (κ2) is 7.66. The molecule has 27 heavy (non-hydrogen) atoms. The molecule has 1 amide bonds. The first-order valence-corrected chi connectivity index (χ1v) is 9.31. The lowest BCUT2D eigenvalue weighted by molar-refractivity contribution is -0.137. The van der Waals surface area contributed by atoms with Gasteiger partial charge in [-0.05, 0) is 24.1 Å². The summed E-state index contributed by atoms with van der Waals surface area (Å²) in [6, 6.07) is 5.51. The van der Waals surface area contributed by atoms with Crippen LogP contribution in [0.4, 0.5) is 0 Å². The van der Waals surface area contributed by atoms with Gasteiger partial charge in [-0.1, -0.05) is 34.5 Å². The van der Waals surface area contributed by atoms with Crippen LogP contribution in [0.1, 0.15) is 23.7 Å². The average Bonchev–Trinajstić information content (AvgIpc) is 3.26. The van der Waals surface area contributed by atoms with Crippen molar-refractivity contribution in [3.8, 4) is 0 Å². The van der Waals surface area contributed by atoms with Gasteiger partial charge in [-0.25, -0.2) is 4.68 Å². The largest absolute Gasteiger partial charge is 0.338 e. The van der Waals surface area contributed by atoms with Gasteiger partial charge in [-0.3, -0.25) is 4.79 Å². The number of hydrogen-bond acceptors (Lipinski definition) is 5. The van der Waals surface area contributed by atoms with Crippen molar-refractivity contribution in [3.63, 3.8) is 0 Å². The van der Waals surface area contributed by atoms with E-state index in [2.05, 4.69) is 20.5 Å². The van der Waals surface area contributed by atoms with E-state index < -0.39 is 0 Å². The molecule has 0 radical (unpaired) electrons. The van der Waals surface area contributed by atoms with Crippen molar-refractivity contribution in [3.05, 3.63) is 58.1 Å². The van der Waals surface area contributed by atoms with Gasteiger partial charge in [0.2, 0.25) is 5.91 Å². The maximum atomic E-state index is 12.4. The highest BCUT2D eigenvalue weighted by molar-refractivity contribution is 6.36. The highest BCUT2D eigenvalue weighted by Crippen LogP contribution is 2.27. The Morgan fingerprint density at radius 1 is 1.15 bits per heavy atom. The Morgan fingerprint density at radius 2 is 1.85 bits per heavy atom. The van der Waals surface area contributed by atoms with E-state index >= 15 is 0 Å². The van der Waals surface area contributed by atoms with Crippen molar-refractivity contribution in [1.82, 2.24) is 34.9 Å². The number of rotatable bonds is 6. The van der Waals surface area contributed by atoms with Gasteiger partial charge in [0.1, 0.15) is 12.2 Å². The van der Waals surface area contributed by atoms with E-state index in [0.29, 0.717) is 42.5 Å². The third kappa shape index (κ3) is 3.96.